The van der Waals surface area contributed by atoms with Gasteiger partial charge in [-0.1, -0.05) is 30.2 Å². The summed E-state index contributed by atoms with van der Waals surface area (Å²) < 4.78 is 11.5. The summed E-state index contributed by atoms with van der Waals surface area (Å²) in [6.07, 6.45) is 7.71. The lowest BCUT2D eigenvalue weighted by molar-refractivity contribution is -0.116. The summed E-state index contributed by atoms with van der Waals surface area (Å²) >= 11 is 0. The first-order chi connectivity index (χ1) is 13.7. The van der Waals surface area contributed by atoms with Crippen molar-refractivity contribution in [2.75, 3.05) is 12.4 Å². The maximum absolute atomic E-state index is 12.0. The van der Waals surface area contributed by atoms with Crippen LogP contribution in [-0.2, 0) is 11.4 Å². The number of carbonyl (C=O) groups excluding carboxylic acids is 1. The summed E-state index contributed by atoms with van der Waals surface area (Å²) in [4.78, 5) is 12.0. The number of amides is 1. The van der Waals surface area contributed by atoms with Gasteiger partial charge in [-0.2, -0.15) is 5.10 Å². The summed E-state index contributed by atoms with van der Waals surface area (Å²) in [6.45, 7) is 0.341. The van der Waals surface area contributed by atoms with E-state index in [-0.39, 0.29) is 11.8 Å². The number of fused-ring (bicyclic) bond motifs is 1. The predicted molar refractivity (Wildman–Crippen MR) is 105 cm³/mol. The molecule has 1 aromatic heterocycles. The third-order valence-electron chi connectivity index (χ3n) is 4.84. The van der Waals surface area contributed by atoms with Crippen LogP contribution in [0.15, 0.2) is 48.7 Å². The first-order valence-electron chi connectivity index (χ1n) is 8.88. The molecule has 3 aromatic rings. The fraction of sp³-hybridized carbons (Fsp3) is 0.182. The van der Waals surface area contributed by atoms with E-state index in [1.807, 2.05) is 48.7 Å². The molecule has 1 atom stereocenters. The van der Waals surface area contributed by atoms with Crippen LogP contribution in [0, 0.1) is 12.3 Å². The molecular weight excluding hydrogens is 354 g/mol. The monoisotopic (exact) mass is 373 g/mol. The molecule has 28 heavy (non-hydrogen) atoms. The number of aromatic nitrogens is 2. The average Bonchev–Trinajstić information content (AvgIpc) is 3.20. The molecule has 6 heteroatoms. The van der Waals surface area contributed by atoms with Crippen LogP contribution in [-0.4, -0.2) is 23.2 Å². The molecule has 0 aliphatic carbocycles. The number of benzene rings is 2. The molecule has 1 aliphatic heterocycles. The Balaban J connectivity index is 1.59. The van der Waals surface area contributed by atoms with Crippen LogP contribution < -0.4 is 14.8 Å². The van der Waals surface area contributed by atoms with Gasteiger partial charge < -0.3 is 14.8 Å². The minimum absolute atomic E-state index is 0.0604. The number of carbonyl (C=O) groups is 1. The molecule has 2 aromatic carbocycles. The van der Waals surface area contributed by atoms with E-state index in [2.05, 4.69) is 21.4 Å². The lowest BCUT2D eigenvalue weighted by atomic mass is 9.87. The predicted octanol–water partition coefficient (Wildman–Crippen LogP) is 3.45. The molecule has 140 valence electrons. The summed E-state index contributed by atoms with van der Waals surface area (Å²) in [5.41, 5.74) is 3.66. The molecular formula is C22H19N3O3. The van der Waals surface area contributed by atoms with Gasteiger partial charge in [0, 0.05) is 35.2 Å². The zero-order valence-corrected chi connectivity index (χ0v) is 15.4. The van der Waals surface area contributed by atoms with Crippen molar-refractivity contribution < 1.29 is 14.3 Å². The number of rotatable bonds is 5. The zero-order chi connectivity index (χ0) is 19.5. The molecule has 4 rings (SSSR count). The highest BCUT2D eigenvalue weighted by atomic mass is 16.5. The molecule has 1 unspecified atom stereocenters. The first-order valence-corrected chi connectivity index (χ1v) is 8.88. The molecule has 2 N–H and O–H groups in total. The van der Waals surface area contributed by atoms with E-state index in [1.165, 1.54) is 0 Å². The van der Waals surface area contributed by atoms with Crippen LogP contribution in [0.25, 0.3) is 0 Å². The zero-order valence-electron chi connectivity index (χ0n) is 15.4. The highest BCUT2D eigenvalue weighted by Crippen LogP contribution is 2.39. The molecule has 1 amide bonds. The number of H-pyrrole nitrogens is 1. The third kappa shape index (κ3) is 3.30. The van der Waals surface area contributed by atoms with Crippen LogP contribution in [0.4, 0.5) is 5.82 Å². The second-order valence-electron chi connectivity index (χ2n) is 6.49. The summed E-state index contributed by atoms with van der Waals surface area (Å²) in [5.74, 6) is 4.31. The molecule has 0 bridgehead atoms. The standard InChI is InChI=1S/C22H19N3O3/c1-3-14-6-4-5-7-16(14)13-28-19-9-8-15(10-20(19)27-2)17-11-21(26)24-22-18(17)12-23-25-22/h1,4-10,12,17H,11,13H2,2H3,(H2,23,24,25,26). The van der Waals surface area contributed by atoms with Crippen molar-refractivity contribution in [2.24, 2.45) is 0 Å². The smallest absolute Gasteiger partial charge is 0.226 e. The molecule has 6 nitrogen and oxygen atoms in total. The maximum atomic E-state index is 12.0. The molecule has 0 radical (unpaired) electrons. The number of hydrogen-bond donors (Lipinski definition) is 2. The van der Waals surface area contributed by atoms with Gasteiger partial charge in [0.1, 0.15) is 6.61 Å². The maximum Gasteiger partial charge on any atom is 0.226 e. The van der Waals surface area contributed by atoms with Gasteiger partial charge in [-0.25, -0.2) is 0 Å². The largest absolute Gasteiger partial charge is 0.493 e. The summed E-state index contributed by atoms with van der Waals surface area (Å²) in [6, 6.07) is 13.4. The second-order valence-corrected chi connectivity index (χ2v) is 6.49. The van der Waals surface area contributed by atoms with Crippen LogP contribution in [0.5, 0.6) is 11.5 Å². The quantitative estimate of drug-likeness (QED) is 0.672. The van der Waals surface area contributed by atoms with E-state index in [4.69, 9.17) is 15.9 Å². The van der Waals surface area contributed by atoms with Gasteiger partial charge in [0.2, 0.25) is 5.91 Å². The van der Waals surface area contributed by atoms with Gasteiger partial charge in [-0.05, 0) is 23.8 Å². The van der Waals surface area contributed by atoms with Crippen molar-refractivity contribution in [1.82, 2.24) is 10.2 Å². The fourth-order valence-corrected chi connectivity index (χ4v) is 3.40. The van der Waals surface area contributed by atoms with E-state index in [0.717, 1.165) is 22.3 Å². The molecule has 0 fully saturated rings. The van der Waals surface area contributed by atoms with Crippen LogP contribution in [0.3, 0.4) is 0 Å². The number of methoxy groups -OCH3 is 1. The number of nitrogens with zero attached hydrogens (tertiary/aromatic N) is 1. The summed E-state index contributed by atoms with van der Waals surface area (Å²) in [7, 11) is 1.60. The van der Waals surface area contributed by atoms with Crippen molar-refractivity contribution in [3.8, 4) is 23.8 Å². The minimum Gasteiger partial charge on any atom is -0.493 e. The Morgan fingerprint density at radius 1 is 1.25 bits per heavy atom. The third-order valence-corrected chi connectivity index (χ3v) is 4.84. The van der Waals surface area contributed by atoms with E-state index < -0.39 is 0 Å². The van der Waals surface area contributed by atoms with Gasteiger partial charge in [0.05, 0.1) is 7.11 Å². The highest BCUT2D eigenvalue weighted by molar-refractivity contribution is 5.94. The van der Waals surface area contributed by atoms with Crippen LogP contribution >= 0.6 is 0 Å². The fourth-order valence-electron chi connectivity index (χ4n) is 3.40. The molecule has 0 spiro atoms. The Kier molecular flexibility index (Phi) is 4.73. The summed E-state index contributed by atoms with van der Waals surface area (Å²) in [5, 5.41) is 9.68. The minimum atomic E-state index is -0.0902. The topological polar surface area (TPSA) is 76.2 Å². The van der Waals surface area contributed by atoms with E-state index in [9.17, 15) is 4.79 Å². The Hall–Kier alpha value is -3.72. The Labute approximate surface area is 162 Å². The number of hydrogen-bond acceptors (Lipinski definition) is 4. The number of terminal acetylenes is 1. The van der Waals surface area contributed by atoms with E-state index >= 15 is 0 Å². The Morgan fingerprint density at radius 2 is 2.11 bits per heavy atom. The number of ether oxygens (including phenoxy) is 2. The lowest BCUT2D eigenvalue weighted by Gasteiger charge is -2.23. The van der Waals surface area contributed by atoms with Gasteiger partial charge >= 0.3 is 0 Å². The van der Waals surface area contributed by atoms with Crippen molar-refractivity contribution >= 4 is 11.7 Å². The number of nitrogens with one attached hydrogen (secondary N) is 2. The average molecular weight is 373 g/mol. The lowest BCUT2D eigenvalue weighted by Crippen LogP contribution is -2.23. The van der Waals surface area contributed by atoms with Gasteiger partial charge in [-0.3, -0.25) is 9.89 Å². The molecule has 0 saturated carbocycles. The van der Waals surface area contributed by atoms with Crippen molar-refractivity contribution in [3.05, 3.63) is 70.9 Å². The molecule has 0 saturated heterocycles. The van der Waals surface area contributed by atoms with Gasteiger partial charge in [-0.15, -0.1) is 6.42 Å². The SMILES string of the molecule is C#Cc1ccccc1COc1ccc(C2CC(=O)Nc3n[nH]cc32)cc1OC. The van der Waals surface area contributed by atoms with Crippen LogP contribution in [0.2, 0.25) is 0 Å². The number of anilines is 1. The van der Waals surface area contributed by atoms with Gasteiger partial charge in [0.15, 0.2) is 17.3 Å². The van der Waals surface area contributed by atoms with Crippen LogP contribution in [0.1, 0.15) is 34.6 Å². The normalized spacial score (nSPS) is 15.3. The van der Waals surface area contributed by atoms with Gasteiger partial charge in [0.25, 0.3) is 0 Å². The van der Waals surface area contributed by atoms with E-state index in [0.29, 0.717) is 30.3 Å². The van der Waals surface area contributed by atoms with Crippen molar-refractivity contribution in [2.45, 2.75) is 18.9 Å². The van der Waals surface area contributed by atoms with Crippen molar-refractivity contribution in [1.29, 1.82) is 0 Å². The van der Waals surface area contributed by atoms with Crippen molar-refractivity contribution in [3.63, 3.8) is 0 Å². The first kappa shape index (κ1) is 17.7. The Bertz CT molecular complexity index is 1060. The molecule has 1 aliphatic rings. The van der Waals surface area contributed by atoms with E-state index in [1.54, 1.807) is 7.11 Å². The highest BCUT2D eigenvalue weighted by Gasteiger charge is 2.29. The Morgan fingerprint density at radius 3 is 2.93 bits per heavy atom. The molecule has 2 heterocycles. The second kappa shape index (κ2) is 7.49. The number of aromatic amines is 1.